The van der Waals surface area contributed by atoms with Crippen molar-refractivity contribution in [2.45, 2.75) is 24.3 Å². The highest BCUT2D eigenvalue weighted by molar-refractivity contribution is 7.92. The number of ether oxygens (including phenoxy) is 2. The van der Waals surface area contributed by atoms with Gasteiger partial charge in [0.2, 0.25) is 0 Å². The number of methoxy groups -OCH3 is 1. The van der Waals surface area contributed by atoms with E-state index in [0.29, 0.717) is 31.0 Å². The molecular weight excluding hydrogens is 380 g/mol. The van der Waals surface area contributed by atoms with Crippen molar-refractivity contribution in [2.75, 3.05) is 31.1 Å². The van der Waals surface area contributed by atoms with Gasteiger partial charge in [-0.05, 0) is 37.6 Å². The van der Waals surface area contributed by atoms with Crippen molar-refractivity contribution < 1.29 is 22.7 Å². The van der Waals surface area contributed by atoms with E-state index in [4.69, 9.17) is 9.47 Å². The smallest absolute Gasteiger partial charge is 0.264 e. The third-order valence-electron chi connectivity index (χ3n) is 4.46. The molecule has 28 heavy (non-hydrogen) atoms. The highest BCUT2D eigenvalue weighted by Crippen LogP contribution is 2.36. The SMILES string of the molecule is COCCCNC(=O)[C@@H]1CN(S(=O)(=O)c2ccc(C)cc2)c2ccccc2O1. The highest BCUT2D eigenvalue weighted by atomic mass is 32.2. The average Bonchev–Trinajstić information content (AvgIpc) is 2.70. The molecule has 8 heteroatoms. The van der Waals surface area contributed by atoms with Crippen LogP contribution in [0.5, 0.6) is 5.75 Å². The Morgan fingerprint density at radius 2 is 1.93 bits per heavy atom. The van der Waals surface area contributed by atoms with Crippen LogP contribution in [0.2, 0.25) is 0 Å². The molecule has 7 nitrogen and oxygen atoms in total. The second kappa shape index (κ2) is 8.62. The van der Waals surface area contributed by atoms with Gasteiger partial charge in [0.05, 0.1) is 17.1 Å². The van der Waals surface area contributed by atoms with Gasteiger partial charge in [0, 0.05) is 20.3 Å². The molecule has 150 valence electrons. The molecule has 2 aromatic rings. The summed E-state index contributed by atoms with van der Waals surface area (Å²) < 4.78 is 38.5. The number of hydrogen-bond acceptors (Lipinski definition) is 5. The van der Waals surface area contributed by atoms with Gasteiger partial charge in [0.25, 0.3) is 15.9 Å². The Bertz CT molecular complexity index is 928. The molecular formula is C20H24N2O5S. The monoisotopic (exact) mass is 404 g/mol. The first kappa shape index (κ1) is 20.2. The Kier molecular flexibility index (Phi) is 6.21. The summed E-state index contributed by atoms with van der Waals surface area (Å²) in [5, 5.41) is 2.77. The summed E-state index contributed by atoms with van der Waals surface area (Å²) in [6.07, 6.45) is -0.269. The van der Waals surface area contributed by atoms with Gasteiger partial charge in [0.15, 0.2) is 6.10 Å². The number of aryl methyl sites for hydroxylation is 1. The molecule has 1 amide bonds. The maximum Gasteiger partial charge on any atom is 0.264 e. The standard InChI is InChI=1S/C20H24N2O5S/c1-15-8-10-16(11-9-15)28(24,25)22-14-19(20(23)21-12-5-13-26-2)27-18-7-4-3-6-17(18)22/h3-4,6-11,19H,5,12-14H2,1-2H3,(H,21,23)/t19-/m0/s1. The second-order valence-corrected chi connectivity index (χ2v) is 8.42. The minimum Gasteiger partial charge on any atom is -0.476 e. The Balaban J connectivity index is 1.87. The molecule has 0 aliphatic carbocycles. The number of nitrogens with one attached hydrogen (secondary N) is 1. The lowest BCUT2D eigenvalue weighted by molar-refractivity contribution is -0.127. The van der Waals surface area contributed by atoms with Crippen molar-refractivity contribution in [3.8, 4) is 5.75 Å². The number of hydrogen-bond donors (Lipinski definition) is 1. The fourth-order valence-corrected chi connectivity index (χ4v) is 4.42. The number of para-hydroxylation sites is 2. The molecule has 0 bridgehead atoms. The van der Waals surface area contributed by atoms with Crippen LogP contribution in [0.15, 0.2) is 53.4 Å². The van der Waals surface area contributed by atoms with Crippen LogP contribution in [0, 0.1) is 6.92 Å². The molecule has 0 radical (unpaired) electrons. The summed E-state index contributed by atoms with van der Waals surface area (Å²) in [6, 6.07) is 13.5. The molecule has 0 unspecified atom stereocenters. The van der Waals surface area contributed by atoms with Crippen LogP contribution >= 0.6 is 0 Å². The van der Waals surface area contributed by atoms with E-state index in [0.717, 1.165) is 5.56 Å². The molecule has 1 aliphatic rings. The van der Waals surface area contributed by atoms with E-state index in [-0.39, 0.29) is 17.3 Å². The van der Waals surface area contributed by atoms with Crippen molar-refractivity contribution in [1.82, 2.24) is 5.32 Å². The number of carbonyl (C=O) groups excluding carboxylic acids is 1. The van der Waals surface area contributed by atoms with Gasteiger partial charge in [-0.1, -0.05) is 29.8 Å². The number of sulfonamides is 1. The quantitative estimate of drug-likeness (QED) is 0.715. The average molecular weight is 404 g/mol. The Labute approximate surface area is 165 Å². The molecule has 0 saturated carbocycles. The molecule has 1 heterocycles. The normalized spacial score (nSPS) is 16.2. The second-order valence-electron chi connectivity index (χ2n) is 6.56. The van der Waals surface area contributed by atoms with E-state index in [1.165, 1.54) is 4.31 Å². The first-order valence-corrected chi connectivity index (χ1v) is 10.5. The number of amides is 1. The van der Waals surface area contributed by atoms with Crippen molar-refractivity contribution in [3.63, 3.8) is 0 Å². The summed E-state index contributed by atoms with van der Waals surface area (Å²) in [7, 11) is -2.24. The summed E-state index contributed by atoms with van der Waals surface area (Å²) in [6.45, 7) is 2.76. The maximum atomic E-state index is 13.3. The molecule has 1 N–H and O–H groups in total. The van der Waals surface area contributed by atoms with Crippen LogP contribution in [0.3, 0.4) is 0 Å². The van der Waals surface area contributed by atoms with Crippen LogP contribution in [0.25, 0.3) is 0 Å². The van der Waals surface area contributed by atoms with Gasteiger partial charge in [-0.25, -0.2) is 8.42 Å². The predicted octanol–water partition coefficient (Wildman–Crippen LogP) is 2.10. The summed E-state index contributed by atoms with van der Waals surface area (Å²) in [5.41, 5.74) is 1.39. The predicted molar refractivity (Wildman–Crippen MR) is 106 cm³/mol. The van der Waals surface area contributed by atoms with Crippen LogP contribution in [0.1, 0.15) is 12.0 Å². The maximum absolute atomic E-state index is 13.3. The number of nitrogens with zero attached hydrogens (tertiary/aromatic N) is 1. The minimum atomic E-state index is -3.83. The van der Waals surface area contributed by atoms with Crippen LogP contribution in [0.4, 0.5) is 5.69 Å². The van der Waals surface area contributed by atoms with E-state index in [1.54, 1.807) is 55.6 Å². The fraction of sp³-hybridized carbons (Fsp3) is 0.350. The lowest BCUT2D eigenvalue weighted by Gasteiger charge is -2.34. The first-order valence-electron chi connectivity index (χ1n) is 9.05. The molecule has 0 spiro atoms. The zero-order valence-electron chi connectivity index (χ0n) is 15.9. The van der Waals surface area contributed by atoms with Gasteiger partial charge < -0.3 is 14.8 Å². The number of benzene rings is 2. The van der Waals surface area contributed by atoms with Crippen LogP contribution in [-0.2, 0) is 19.6 Å². The Hall–Kier alpha value is -2.58. The topological polar surface area (TPSA) is 84.9 Å². The van der Waals surface area contributed by atoms with Crippen LogP contribution in [-0.4, -0.2) is 47.2 Å². The zero-order valence-corrected chi connectivity index (χ0v) is 16.7. The largest absolute Gasteiger partial charge is 0.476 e. The lowest BCUT2D eigenvalue weighted by Crippen LogP contribution is -2.50. The summed E-state index contributed by atoms with van der Waals surface area (Å²) in [4.78, 5) is 12.7. The lowest BCUT2D eigenvalue weighted by atomic mass is 10.2. The highest BCUT2D eigenvalue weighted by Gasteiger charge is 2.37. The summed E-state index contributed by atoms with van der Waals surface area (Å²) in [5.74, 6) is 0.0104. The number of anilines is 1. The van der Waals surface area contributed by atoms with Crippen molar-refractivity contribution in [1.29, 1.82) is 0 Å². The number of rotatable bonds is 7. The van der Waals surface area contributed by atoms with E-state index in [9.17, 15) is 13.2 Å². The van der Waals surface area contributed by atoms with E-state index < -0.39 is 16.1 Å². The Morgan fingerprint density at radius 1 is 1.21 bits per heavy atom. The van der Waals surface area contributed by atoms with Crippen molar-refractivity contribution >= 4 is 21.6 Å². The van der Waals surface area contributed by atoms with Gasteiger partial charge in [-0.2, -0.15) is 0 Å². The number of carbonyl (C=O) groups is 1. The summed E-state index contributed by atoms with van der Waals surface area (Å²) >= 11 is 0. The fourth-order valence-electron chi connectivity index (χ4n) is 2.95. The molecule has 0 aromatic heterocycles. The molecule has 0 fully saturated rings. The molecule has 2 aromatic carbocycles. The van der Waals surface area contributed by atoms with Gasteiger partial charge in [0.1, 0.15) is 5.75 Å². The van der Waals surface area contributed by atoms with E-state index in [1.807, 2.05) is 6.92 Å². The van der Waals surface area contributed by atoms with Gasteiger partial charge in [-0.15, -0.1) is 0 Å². The van der Waals surface area contributed by atoms with Crippen LogP contribution < -0.4 is 14.4 Å². The Morgan fingerprint density at radius 3 is 2.64 bits per heavy atom. The number of fused-ring (bicyclic) bond motifs is 1. The molecule has 1 atom stereocenters. The van der Waals surface area contributed by atoms with Gasteiger partial charge in [-0.3, -0.25) is 9.10 Å². The molecule has 3 rings (SSSR count). The van der Waals surface area contributed by atoms with Crippen molar-refractivity contribution in [3.05, 3.63) is 54.1 Å². The van der Waals surface area contributed by atoms with E-state index in [2.05, 4.69) is 5.32 Å². The van der Waals surface area contributed by atoms with Crippen molar-refractivity contribution in [2.24, 2.45) is 0 Å². The third kappa shape index (κ3) is 4.28. The van der Waals surface area contributed by atoms with E-state index >= 15 is 0 Å². The molecule has 1 aliphatic heterocycles. The minimum absolute atomic E-state index is 0.0939. The first-order chi connectivity index (χ1) is 13.4. The third-order valence-corrected chi connectivity index (χ3v) is 6.25. The zero-order chi connectivity index (χ0) is 20.1. The molecule has 0 saturated heterocycles. The van der Waals surface area contributed by atoms with Gasteiger partial charge >= 0.3 is 0 Å².